The number of rotatable bonds is 7. The van der Waals surface area contributed by atoms with Crippen LogP contribution < -0.4 is 15.4 Å². The number of nitrogens with zero attached hydrogens (tertiary/aromatic N) is 1. The number of benzene rings is 1. The molecule has 0 bridgehead atoms. The fourth-order valence-corrected chi connectivity index (χ4v) is 3.72. The molecule has 0 amide bonds. The largest absolute Gasteiger partial charge is 0.497 e. The predicted molar refractivity (Wildman–Crippen MR) is 116 cm³/mol. The Labute approximate surface area is 167 Å². The molecule has 0 heterocycles. The second kappa shape index (κ2) is 11.8. The number of thioether (sulfide) groups is 1. The van der Waals surface area contributed by atoms with Crippen LogP contribution in [0.3, 0.4) is 0 Å². The smallest absolute Gasteiger partial charge is 0.191 e. The molecule has 1 aromatic rings. The van der Waals surface area contributed by atoms with Crippen LogP contribution in [0.4, 0.5) is 0 Å². The van der Waals surface area contributed by atoms with Gasteiger partial charge in [-0.15, -0.1) is 24.0 Å². The minimum atomic E-state index is 0. The summed E-state index contributed by atoms with van der Waals surface area (Å²) in [6, 6.07) is 8.76. The lowest BCUT2D eigenvalue weighted by molar-refractivity contribution is 0.414. The first-order chi connectivity index (χ1) is 11.2. The standard InChI is InChI=1S/C18H29N3OS.HI/c1-4-19-18(21-15-8-9-17(13-15)23-3)20-11-10-14-6-5-7-16(12-14)22-2;/h5-7,12,15,17H,4,8-11,13H2,1-3H3,(H2,19,20,21);1H. The zero-order valence-electron chi connectivity index (χ0n) is 14.9. The number of aliphatic imine (C=N–C) groups is 1. The molecule has 4 nitrogen and oxygen atoms in total. The molecule has 1 aliphatic carbocycles. The summed E-state index contributed by atoms with van der Waals surface area (Å²) in [6.07, 6.45) is 6.92. The van der Waals surface area contributed by atoms with Crippen molar-refractivity contribution < 1.29 is 4.74 Å². The number of halogens is 1. The van der Waals surface area contributed by atoms with Crippen molar-refractivity contribution in [1.29, 1.82) is 0 Å². The molecule has 0 saturated heterocycles. The third-order valence-corrected chi connectivity index (χ3v) is 5.30. The minimum absolute atomic E-state index is 0. The van der Waals surface area contributed by atoms with Crippen molar-refractivity contribution in [2.24, 2.45) is 4.99 Å². The molecule has 24 heavy (non-hydrogen) atoms. The van der Waals surface area contributed by atoms with E-state index >= 15 is 0 Å². The highest BCUT2D eigenvalue weighted by atomic mass is 127. The van der Waals surface area contributed by atoms with Crippen molar-refractivity contribution in [3.63, 3.8) is 0 Å². The zero-order chi connectivity index (χ0) is 16.5. The van der Waals surface area contributed by atoms with Gasteiger partial charge in [-0.1, -0.05) is 12.1 Å². The highest BCUT2D eigenvalue weighted by molar-refractivity contribution is 14.0. The molecule has 1 aromatic carbocycles. The van der Waals surface area contributed by atoms with Gasteiger partial charge in [-0.05, 0) is 56.6 Å². The first-order valence-electron chi connectivity index (χ1n) is 8.45. The van der Waals surface area contributed by atoms with Crippen molar-refractivity contribution in [2.45, 2.75) is 43.9 Å². The van der Waals surface area contributed by atoms with E-state index in [0.717, 1.165) is 36.5 Å². The Bertz CT molecular complexity index is 513. The van der Waals surface area contributed by atoms with Gasteiger partial charge in [0.1, 0.15) is 5.75 Å². The molecule has 2 atom stereocenters. The zero-order valence-corrected chi connectivity index (χ0v) is 18.0. The Balaban J connectivity index is 0.00000288. The van der Waals surface area contributed by atoms with Gasteiger partial charge in [-0.2, -0.15) is 11.8 Å². The fraction of sp³-hybridized carbons (Fsp3) is 0.611. The topological polar surface area (TPSA) is 45.7 Å². The van der Waals surface area contributed by atoms with Gasteiger partial charge in [0, 0.05) is 24.4 Å². The average Bonchev–Trinajstić information content (AvgIpc) is 3.03. The second-order valence-electron chi connectivity index (χ2n) is 5.87. The van der Waals surface area contributed by atoms with Crippen LogP contribution in [0.5, 0.6) is 5.75 Å². The Morgan fingerprint density at radius 1 is 1.38 bits per heavy atom. The van der Waals surface area contributed by atoms with Crippen LogP contribution >= 0.6 is 35.7 Å². The first kappa shape index (κ1) is 21.4. The lowest BCUT2D eigenvalue weighted by atomic mass is 10.1. The molecule has 1 aliphatic rings. The van der Waals surface area contributed by atoms with Gasteiger partial charge in [0.15, 0.2) is 5.96 Å². The molecule has 0 aromatic heterocycles. The number of guanidine groups is 1. The number of nitrogens with one attached hydrogen (secondary N) is 2. The maximum Gasteiger partial charge on any atom is 0.191 e. The Morgan fingerprint density at radius 3 is 2.88 bits per heavy atom. The Hall–Kier alpha value is -0.630. The van der Waals surface area contributed by atoms with Gasteiger partial charge in [0.2, 0.25) is 0 Å². The molecule has 2 rings (SSSR count). The van der Waals surface area contributed by atoms with Gasteiger partial charge in [-0.3, -0.25) is 4.99 Å². The normalized spacial score (nSPS) is 20.4. The molecule has 2 unspecified atom stereocenters. The molecule has 2 N–H and O–H groups in total. The van der Waals surface area contributed by atoms with E-state index < -0.39 is 0 Å². The van der Waals surface area contributed by atoms with Crippen LogP contribution in [0.2, 0.25) is 0 Å². The van der Waals surface area contributed by atoms with Crippen LogP contribution in [-0.4, -0.2) is 43.7 Å². The molecule has 0 spiro atoms. The SMILES string of the molecule is CCNC(=NCCc1cccc(OC)c1)NC1CCC(SC)C1.I. The van der Waals surface area contributed by atoms with E-state index in [-0.39, 0.29) is 24.0 Å². The second-order valence-corrected chi connectivity index (χ2v) is 7.01. The molecule has 1 fully saturated rings. The van der Waals surface area contributed by atoms with E-state index in [2.05, 4.69) is 35.9 Å². The van der Waals surface area contributed by atoms with E-state index in [9.17, 15) is 0 Å². The summed E-state index contributed by atoms with van der Waals surface area (Å²) in [5.41, 5.74) is 1.26. The van der Waals surface area contributed by atoms with Crippen molar-refractivity contribution in [3.05, 3.63) is 29.8 Å². The molecular formula is C18H30IN3OS. The van der Waals surface area contributed by atoms with Gasteiger partial charge in [0.25, 0.3) is 0 Å². The van der Waals surface area contributed by atoms with Crippen LogP contribution in [-0.2, 0) is 6.42 Å². The minimum Gasteiger partial charge on any atom is -0.497 e. The molecule has 1 saturated carbocycles. The van der Waals surface area contributed by atoms with Crippen molar-refractivity contribution in [2.75, 3.05) is 26.5 Å². The molecular weight excluding hydrogens is 433 g/mol. The van der Waals surface area contributed by atoms with E-state index in [1.54, 1.807) is 7.11 Å². The Morgan fingerprint density at radius 2 is 2.21 bits per heavy atom. The molecule has 136 valence electrons. The fourth-order valence-electron chi connectivity index (χ4n) is 2.92. The van der Waals surface area contributed by atoms with Gasteiger partial charge in [0.05, 0.1) is 7.11 Å². The van der Waals surface area contributed by atoms with E-state index in [0.29, 0.717) is 6.04 Å². The van der Waals surface area contributed by atoms with Gasteiger partial charge < -0.3 is 15.4 Å². The van der Waals surface area contributed by atoms with E-state index in [1.807, 2.05) is 23.9 Å². The van der Waals surface area contributed by atoms with Crippen LogP contribution in [0, 0.1) is 0 Å². The predicted octanol–water partition coefficient (Wildman–Crippen LogP) is 3.69. The van der Waals surface area contributed by atoms with Crippen LogP contribution in [0.15, 0.2) is 29.3 Å². The highest BCUT2D eigenvalue weighted by Crippen LogP contribution is 2.28. The summed E-state index contributed by atoms with van der Waals surface area (Å²) in [5, 5.41) is 7.75. The van der Waals surface area contributed by atoms with E-state index in [4.69, 9.17) is 9.73 Å². The third-order valence-electron chi connectivity index (χ3n) is 4.21. The number of hydrogen-bond donors (Lipinski definition) is 2. The number of methoxy groups -OCH3 is 1. The number of ether oxygens (including phenoxy) is 1. The number of hydrogen-bond acceptors (Lipinski definition) is 3. The van der Waals surface area contributed by atoms with Crippen LogP contribution in [0.25, 0.3) is 0 Å². The maximum atomic E-state index is 5.27. The molecule has 0 aliphatic heterocycles. The third kappa shape index (κ3) is 7.09. The molecule has 6 heteroatoms. The lowest BCUT2D eigenvalue weighted by Crippen LogP contribution is -2.42. The summed E-state index contributed by atoms with van der Waals surface area (Å²) >= 11 is 1.98. The average molecular weight is 463 g/mol. The summed E-state index contributed by atoms with van der Waals surface area (Å²) in [7, 11) is 1.70. The summed E-state index contributed by atoms with van der Waals surface area (Å²) in [4.78, 5) is 4.73. The van der Waals surface area contributed by atoms with Crippen molar-refractivity contribution in [1.82, 2.24) is 10.6 Å². The van der Waals surface area contributed by atoms with Crippen molar-refractivity contribution >= 4 is 41.7 Å². The maximum absolute atomic E-state index is 5.27. The molecule has 0 radical (unpaired) electrons. The van der Waals surface area contributed by atoms with Gasteiger partial charge in [-0.25, -0.2) is 0 Å². The quantitative estimate of drug-likeness (QED) is 0.368. The van der Waals surface area contributed by atoms with Crippen molar-refractivity contribution in [3.8, 4) is 5.75 Å². The van der Waals surface area contributed by atoms with E-state index in [1.165, 1.54) is 24.8 Å². The monoisotopic (exact) mass is 463 g/mol. The summed E-state index contributed by atoms with van der Waals surface area (Å²) in [6.45, 7) is 3.78. The Kier molecular flexibility index (Phi) is 10.6. The van der Waals surface area contributed by atoms with Gasteiger partial charge >= 0.3 is 0 Å². The highest BCUT2D eigenvalue weighted by Gasteiger charge is 2.24. The summed E-state index contributed by atoms with van der Waals surface area (Å²) < 4.78 is 5.27. The lowest BCUT2D eigenvalue weighted by Gasteiger charge is -2.17. The summed E-state index contributed by atoms with van der Waals surface area (Å²) in [5.74, 6) is 1.85. The van der Waals surface area contributed by atoms with Crippen LogP contribution in [0.1, 0.15) is 31.7 Å². The first-order valence-corrected chi connectivity index (χ1v) is 9.74.